The van der Waals surface area contributed by atoms with Crippen molar-refractivity contribution in [1.29, 1.82) is 0 Å². The number of rotatable bonds is 2. The van der Waals surface area contributed by atoms with E-state index in [-0.39, 0.29) is 0 Å². The van der Waals surface area contributed by atoms with Gasteiger partial charge in [-0.25, -0.2) is 0 Å². The Morgan fingerprint density at radius 2 is 1.79 bits per heavy atom. The molecule has 80 valence electrons. The van der Waals surface area contributed by atoms with Gasteiger partial charge in [0, 0.05) is 0 Å². The van der Waals surface area contributed by atoms with Crippen LogP contribution in [-0.2, 0) is 4.79 Å². The topological polar surface area (TPSA) is 17.1 Å². The molecule has 0 unspecified atom stereocenters. The van der Waals surface area contributed by atoms with E-state index in [2.05, 4.69) is 35.6 Å². The van der Waals surface area contributed by atoms with Gasteiger partial charge in [0.2, 0.25) is 0 Å². The molecule has 0 fully saturated rings. The van der Waals surface area contributed by atoms with E-state index in [1.54, 1.807) is 0 Å². The molecular formula is C12H22OSn. The molecule has 0 aromatic carbocycles. The summed E-state index contributed by atoms with van der Waals surface area (Å²) in [6.07, 6.45) is 0.785. The fraction of sp³-hybridized carbons (Fsp3) is 0.750. The molecule has 1 atom stereocenters. The number of ketones is 1. The summed E-state index contributed by atoms with van der Waals surface area (Å²) in [6.45, 7) is 6.64. The minimum absolute atomic E-state index is 0.462. The Kier molecular flexibility index (Phi) is 3.50. The Labute approximate surface area is 91.8 Å². The van der Waals surface area contributed by atoms with E-state index in [1.165, 1.54) is 9.16 Å². The van der Waals surface area contributed by atoms with Crippen molar-refractivity contribution < 1.29 is 4.79 Å². The van der Waals surface area contributed by atoms with Crippen molar-refractivity contribution in [2.24, 2.45) is 11.8 Å². The summed E-state index contributed by atoms with van der Waals surface area (Å²) in [6, 6.07) is 0. The Balaban J connectivity index is 3.09. The summed E-state index contributed by atoms with van der Waals surface area (Å²) in [7, 11) is 0. The van der Waals surface area contributed by atoms with Crippen molar-refractivity contribution in [3.63, 3.8) is 0 Å². The maximum atomic E-state index is 11.9. The Bertz CT molecular complexity index is 281. The van der Waals surface area contributed by atoms with Gasteiger partial charge in [-0.3, -0.25) is 0 Å². The quantitative estimate of drug-likeness (QED) is 0.714. The SMILES string of the molecule is CC1=[C]([Sn]([CH3])([CH3])[CH3])C(=O)C[C@H]1C(C)C. The van der Waals surface area contributed by atoms with E-state index in [0.717, 1.165) is 6.42 Å². The molecule has 0 aromatic heterocycles. The van der Waals surface area contributed by atoms with Gasteiger partial charge in [0.05, 0.1) is 0 Å². The molecular weight excluding hydrogens is 279 g/mol. The number of Topliss-reactive ketones (excluding diaryl/α,β-unsaturated/α-hetero) is 1. The van der Waals surface area contributed by atoms with Gasteiger partial charge in [-0.2, -0.15) is 0 Å². The molecule has 0 aliphatic heterocycles. The van der Waals surface area contributed by atoms with E-state index in [9.17, 15) is 4.79 Å². The number of carbonyl (C=O) groups excluding carboxylic acids is 1. The third-order valence-corrected chi connectivity index (χ3v) is 9.39. The number of allylic oxidation sites excluding steroid dienone is 2. The molecule has 0 saturated heterocycles. The monoisotopic (exact) mass is 302 g/mol. The molecule has 0 radical (unpaired) electrons. The minimum atomic E-state index is -2.14. The first-order chi connectivity index (χ1) is 6.25. The van der Waals surface area contributed by atoms with Gasteiger partial charge < -0.3 is 0 Å². The van der Waals surface area contributed by atoms with Crippen molar-refractivity contribution in [1.82, 2.24) is 0 Å². The van der Waals surface area contributed by atoms with Crippen molar-refractivity contribution in [3.05, 3.63) is 9.16 Å². The average Bonchev–Trinajstić information content (AvgIpc) is 2.24. The van der Waals surface area contributed by atoms with Crippen molar-refractivity contribution in [3.8, 4) is 0 Å². The van der Waals surface area contributed by atoms with E-state index >= 15 is 0 Å². The van der Waals surface area contributed by atoms with E-state index < -0.39 is 18.4 Å². The first-order valence-electron chi connectivity index (χ1n) is 5.49. The molecule has 2 heteroatoms. The zero-order chi connectivity index (χ0) is 11.1. The van der Waals surface area contributed by atoms with Gasteiger partial charge in [-0.1, -0.05) is 0 Å². The summed E-state index contributed by atoms with van der Waals surface area (Å²) < 4.78 is 1.29. The second-order valence-corrected chi connectivity index (χ2v) is 20.1. The molecule has 0 amide bonds. The molecule has 1 nitrogen and oxygen atoms in total. The molecule has 1 rings (SSSR count). The normalized spacial score (nSPS) is 23.9. The van der Waals surface area contributed by atoms with Crippen LogP contribution in [0.5, 0.6) is 0 Å². The summed E-state index contributed by atoms with van der Waals surface area (Å²) in [5.74, 6) is 1.61. The van der Waals surface area contributed by atoms with Crippen LogP contribution in [0.2, 0.25) is 14.8 Å². The third-order valence-electron chi connectivity index (χ3n) is 3.19. The van der Waals surface area contributed by atoms with Crippen LogP contribution in [0.15, 0.2) is 9.16 Å². The van der Waals surface area contributed by atoms with E-state index in [1.807, 2.05) is 0 Å². The van der Waals surface area contributed by atoms with Gasteiger partial charge in [0.1, 0.15) is 0 Å². The molecule has 0 aromatic rings. The molecule has 0 bridgehead atoms. The fourth-order valence-corrected chi connectivity index (χ4v) is 9.19. The van der Waals surface area contributed by atoms with Crippen LogP contribution in [0.1, 0.15) is 27.2 Å². The van der Waals surface area contributed by atoms with Gasteiger partial charge in [0.15, 0.2) is 0 Å². The fourth-order valence-electron chi connectivity index (χ4n) is 2.61. The molecule has 0 heterocycles. The van der Waals surface area contributed by atoms with Crippen LogP contribution in [0.3, 0.4) is 0 Å². The molecule has 0 N–H and O–H groups in total. The Morgan fingerprint density at radius 1 is 1.29 bits per heavy atom. The summed E-state index contributed by atoms with van der Waals surface area (Å²) in [5.41, 5.74) is 1.42. The number of hydrogen-bond donors (Lipinski definition) is 0. The van der Waals surface area contributed by atoms with Crippen molar-refractivity contribution in [2.45, 2.75) is 42.0 Å². The predicted octanol–water partition coefficient (Wildman–Crippen LogP) is 3.43. The third kappa shape index (κ3) is 2.23. The van der Waals surface area contributed by atoms with E-state index in [4.69, 9.17) is 0 Å². The van der Waals surface area contributed by atoms with Crippen LogP contribution >= 0.6 is 0 Å². The standard InChI is InChI=1S/C9H13O.3CH3.Sn/c1-6(2)9-5-8(10)4-7(9)3;;;;/h6,9H,5H2,1-3H3;3*1H3;/t9-;;;;/m0..../s1. The van der Waals surface area contributed by atoms with Gasteiger partial charge in [-0.05, 0) is 0 Å². The molecule has 1 aliphatic rings. The first-order valence-corrected chi connectivity index (χ1v) is 15.5. The number of hydrogen-bond acceptors (Lipinski definition) is 1. The van der Waals surface area contributed by atoms with Crippen LogP contribution in [0.4, 0.5) is 0 Å². The van der Waals surface area contributed by atoms with Crippen LogP contribution < -0.4 is 0 Å². The molecule has 1 aliphatic carbocycles. The van der Waals surface area contributed by atoms with Gasteiger partial charge in [-0.15, -0.1) is 0 Å². The van der Waals surface area contributed by atoms with Crippen LogP contribution in [0, 0.1) is 11.8 Å². The average molecular weight is 301 g/mol. The van der Waals surface area contributed by atoms with Gasteiger partial charge in [0.25, 0.3) is 0 Å². The molecule has 0 saturated carbocycles. The van der Waals surface area contributed by atoms with Crippen LogP contribution in [-0.4, -0.2) is 24.2 Å². The van der Waals surface area contributed by atoms with Crippen molar-refractivity contribution in [2.75, 3.05) is 0 Å². The van der Waals surface area contributed by atoms with Gasteiger partial charge >= 0.3 is 92.0 Å². The summed E-state index contributed by atoms with van der Waals surface area (Å²) in [5, 5.41) is 0. The zero-order valence-corrected chi connectivity index (χ0v) is 13.1. The zero-order valence-electron chi connectivity index (χ0n) is 10.3. The summed E-state index contributed by atoms with van der Waals surface area (Å²) >= 11 is -2.14. The molecule has 0 spiro atoms. The van der Waals surface area contributed by atoms with E-state index in [0.29, 0.717) is 17.6 Å². The second kappa shape index (κ2) is 3.99. The number of carbonyl (C=O) groups is 1. The second-order valence-electron chi connectivity index (χ2n) is 5.79. The van der Waals surface area contributed by atoms with Crippen molar-refractivity contribution >= 4 is 24.2 Å². The predicted molar refractivity (Wildman–Crippen MR) is 64.0 cm³/mol. The molecule has 14 heavy (non-hydrogen) atoms. The Morgan fingerprint density at radius 3 is 2.00 bits per heavy atom. The Hall–Kier alpha value is 0.209. The summed E-state index contributed by atoms with van der Waals surface area (Å²) in [4.78, 5) is 19.0. The van der Waals surface area contributed by atoms with Crippen LogP contribution in [0.25, 0.3) is 0 Å². The maximum absolute atomic E-state index is 11.9. The first kappa shape index (κ1) is 12.3.